The summed E-state index contributed by atoms with van der Waals surface area (Å²) >= 11 is 0. The molecule has 4 aromatic rings. The van der Waals surface area contributed by atoms with Crippen molar-refractivity contribution in [1.82, 2.24) is 9.97 Å². The number of pyridine rings is 1. The topological polar surface area (TPSA) is 96.0 Å². The second-order valence-electron chi connectivity index (χ2n) is 8.21. The van der Waals surface area contributed by atoms with E-state index in [1.54, 1.807) is 19.3 Å². The van der Waals surface area contributed by atoms with E-state index in [-0.39, 0.29) is 18.9 Å². The van der Waals surface area contributed by atoms with Gasteiger partial charge in [0.25, 0.3) is 0 Å². The summed E-state index contributed by atoms with van der Waals surface area (Å²) in [7, 11) is 0. The van der Waals surface area contributed by atoms with Crippen molar-refractivity contribution in [3.8, 4) is 17.2 Å². The Hall–Kier alpha value is -4.46. The minimum absolute atomic E-state index is 0.210. The van der Waals surface area contributed by atoms with Crippen LogP contribution < -0.4 is 4.74 Å². The molecule has 0 spiro atoms. The van der Waals surface area contributed by atoms with Crippen molar-refractivity contribution in [2.24, 2.45) is 5.16 Å². The monoisotopic (exact) mass is 499 g/mol. The van der Waals surface area contributed by atoms with Crippen LogP contribution in [0, 0.1) is 6.92 Å². The summed E-state index contributed by atoms with van der Waals surface area (Å²) < 4.78 is 16.8. The number of nitrogens with zero attached hydrogens (tertiary/aromatic N) is 3. The molecule has 0 radical (unpaired) electrons. The summed E-state index contributed by atoms with van der Waals surface area (Å²) in [5, 5.41) is 4.06. The van der Waals surface area contributed by atoms with Crippen LogP contribution in [0.25, 0.3) is 11.5 Å². The zero-order valence-electron chi connectivity index (χ0n) is 20.9. The van der Waals surface area contributed by atoms with Crippen molar-refractivity contribution in [3.63, 3.8) is 0 Å². The summed E-state index contributed by atoms with van der Waals surface area (Å²) in [4.78, 5) is 26.3. The zero-order valence-corrected chi connectivity index (χ0v) is 20.9. The van der Waals surface area contributed by atoms with Crippen LogP contribution in [-0.4, -0.2) is 28.3 Å². The highest BCUT2D eigenvalue weighted by Crippen LogP contribution is 2.23. The van der Waals surface area contributed by atoms with E-state index in [1.165, 1.54) is 0 Å². The molecular formula is C29H29N3O5. The Bertz CT molecular complexity index is 1300. The Morgan fingerprint density at radius 3 is 2.43 bits per heavy atom. The molecule has 37 heavy (non-hydrogen) atoms. The fraction of sp³-hybridized carbons (Fsp3) is 0.241. The SMILES string of the molecule is CCOC(=O)C(CCc1ccncc1)=NOCc1ccc(OCc2nc(-c3ccccc3)oc2C)cc1. The molecule has 0 N–H and O–H groups in total. The van der Waals surface area contributed by atoms with E-state index >= 15 is 0 Å². The molecule has 0 saturated carbocycles. The van der Waals surface area contributed by atoms with Crippen LogP contribution in [0.2, 0.25) is 0 Å². The Kier molecular flexibility index (Phi) is 9.02. The number of aryl methyl sites for hydroxylation is 2. The molecule has 2 aromatic carbocycles. The van der Waals surface area contributed by atoms with E-state index in [0.717, 1.165) is 28.1 Å². The number of oxime groups is 1. The van der Waals surface area contributed by atoms with E-state index < -0.39 is 5.97 Å². The van der Waals surface area contributed by atoms with Gasteiger partial charge in [0.05, 0.1) is 6.61 Å². The predicted molar refractivity (Wildman–Crippen MR) is 139 cm³/mol. The average molecular weight is 500 g/mol. The molecule has 8 heteroatoms. The number of carbonyl (C=O) groups excluding carboxylic acids is 1. The summed E-state index contributed by atoms with van der Waals surface area (Å²) in [6.07, 6.45) is 4.47. The number of oxazole rings is 1. The van der Waals surface area contributed by atoms with Gasteiger partial charge in [0.15, 0.2) is 5.71 Å². The van der Waals surface area contributed by atoms with Gasteiger partial charge in [-0.3, -0.25) is 4.98 Å². The standard InChI is InChI=1S/C29H29N3O5/c1-3-34-29(33)26(14-11-22-15-17-30-18-16-22)32-36-19-23-9-12-25(13-10-23)35-20-27-21(2)37-28(31-27)24-7-5-4-6-8-24/h4-10,12-13,15-18H,3,11,14,19-20H2,1-2H3. The third-order valence-corrected chi connectivity index (χ3v) is 5.53. The highest BCUT2D eigenvalue weighted by molar-refractivity contribution is 6.36. The smallest absolute Gasteiger partial charge is 0.356 e. The Morgan fingerprint density at radius 2 is 1.70 bits per heavy atom. The summed E-state index contributed by atoms with van der Waals surface area (Å²) in [5.41, 5.74) is 3.86. The largest absolute Gasteiger partial charge is 0.487 e. The van der Waals surface area contributed by atoms with Crippen LogP contribution in [0.5, 0.6) is 5.75 Å². The van der Waals surface area contributed by atoms with E-state index in [0.29, 0.717) is 31.1 Å². The first-order valence-electron chi connectivity index (χ1n) is 12.1. The molecule has 0 bridgehead atoms. The fourth-order valence-corrected chi connectivity index (χ4v) is 3.50. The molecular weight excluding hydrogens is 470 g/mol. The molecule has 0 saturated heterocycles. The highest BCUT2D eigenvalue weighted by Gasteiger charge is 2.14. The van der Waals surface area contributed by atoms with E-state index in [2.05, 4.69) is 15.1 Å². The quantitative estimate of drug-likeness (QED) is 0.140. The van der Waals surface area contributed by atoms with Crippen LogP contribution in [0.15, 0.2) is 88.7 Å². The first-order chi connectivity index (χ1) is 18.1. The maximum absolute atomic E-state index is 12.3. The van der Waals surface area contributed by atoms with Crippen molar-refractivity contribution >= 4 is 11.7 Å². The lowest BCUT2D eigenvalue weighted by atomic mass is 10.1. The number of hydrogen-bond donors (Lipinski definition) is 0. The van der Waals surface area contributed by atoms with Crippen molar-refractivity contribution in [1.29, 1.82) is 0 Å². The highest BCUT2D eigenvalue weighted by atomic mass is 16.6. The van der Waals surface area contributed by atoms with Crippen LogP contribution in [-0.2, 0) is 34.0 Å². The van der Waals surface area contributed by atoms with Gasteiger partial charge in [-0.25, -0.2) is 9.78 Å². The lowest BCUT2D eigenvalue weighted by Crippen LogP contribution is -2.19. The molecule has 0 aliphatic heterocycles. The van der Waals surface area contributed by atoms with Crippen LogP contribution >= 0.6 is 0 Å². The Labute approximate surface area is 215 Å². The Morgan fingerprint density at radius 1 is 0.946 bits per heavy atom. The third kappa shape index (κ3) is 7.51. The van der Waals surface area contributed by atoms with Gasteiger partial charge >= 0.3 is 5.97 Å². The summed E-state index contributed by atoms with van der Waals surface area (Å²) in [6, 6.07) is 21.0. The average Bonchev–Trinajstić information content (AvgIpc) is 3.31. The molecule has 8 nitrogen and oxygen atoms in total. The van der Waals surface area contributed by atoms with Gasteiger partial charge in [-0.15, -0.1) is 0 Å². The van der Waals surface area contributed by atoms with Crippen LogP contribution in [0.3, 0.4) is 0 Å². The second-order valence-corrected chi connectivity index (χ2v) is 8.21. The van der Waals surface area contributed by atoms with Crippen LogP contribution in [0.1, 0.15) is 35.9 Å². The Balaban J connectivity index is 1.30. The van der Waals surface area contributed by atoms with Gasteiger partial charge in [-0.05, 0) is 67.8 Å². The first-order valence-corrected chi connectivity index (χ1v) is 12.1. The van der Waals surface area contributed by atoms with Crippen molar-refractivity contribution in [2.75, 3.05) is 6.61 Å². The number of benzene rings is 2. The second kappa shape index (κ2) is 13.0. The minimum Gasteiger partial charge on any atom is -0.487 e. The number of hydrogen-bond acceptors (Lipinski definition) is 8. The van der Waals surface area contributed by atoms with Crippen molar-refractivity contribution in [2.45, 2.75) is 39.9 Å². The van der Waals surface area contributed by atoms with Gasteiger partial charge in [-0.1, -0.05) is 35.5 Å². The molecule has 0 aliphatic rings. The summed E-state index contributed by atoms with van der Waals surface area (Å²) in [5.74, 6) is 1.52. The van der Waals surface area contributed by atoms with Gasteiger partial charge < -0.3 is 18.7 Å². The van der Waals surface area contributed by atoms with Gasteiger partial charge in [-0.2, -0.15) is 0 Å². The fourth-order valence-electron chi connectivity index (χ4n) is 3.50. The lowest BCUT2D eigenvalue weighted by Gasteiger charge is -2.08. The molecule has 0 amide bonds. The molecule has 4 rings (SSSR count). The molecule has 0 fully saturated rings. The summed E-state index contributed by atoms with van der Waals surface area (Å²) in [6.45, 7) is 4.41. The number of rotatable bonds is 12. The maximum Gasteiger partial charge on any atom is 0.356 e. The van der Waals surface area contributed by atoms with E-state index in [1.807, 2.05) is 73.7 Å². The molecule has 0 unspecified atom stereocenters. The lowest BCUT2D eigenvalue weighted by molar-refractivity contribution is -0.135. The molecule has 190 valence electrons. The van der Waals surface area contributed by atoms with E-state index in [9.17, 15) is 4.79 Å². The molecule has 0 aliphatic carbocycles. The van der Waals surface area contributed by atoms with Gasteiger partial charge in [0, 0.05) is 24.4 Å². The number of esters is 1. The van der Waals surface area contributed by atoms with Crippen molar-refractivity contribution < 1.29 is 23.5 Å². The third-order valence-electron chi connectivity index (χ3n) is 5.53. The molecule has 2 aromatic heterocycles. The zero-order chi connectivity index (χ0) is 25.9. The first kappa shape index (κ1) is 25.6. The molecule has 2 heterocycles. The van der Waals surface area contributed by atoms with Gasteiger partial charge in [0.1, 0.15) is 30.4 Å². The number of aromatic nitrogens is 2. The van der Waals surface area contributed by atoms with Gasteiger partial charge in [0.2, 0.25) is 5.89 Å². The molecule has 0 atom stereocenters. The normalized spacial score (nSPS) is 11.2. The maximum atomic E-state index is 12.3. The number of ether oxygens (including phenoxy) is 2. The van der Waals surface area contributed by atoms with Crippen molar-refractivity contribution in [3.05, 3.63) is 102 Å². The predicted octanol–water partition coefficient (Wildman–Crippen LogP) is 5.69. The van der Waals surface area contributed by atoms with E-state index in [4.69, 9.17) is 18.7 Å². The minimum atomic E-state index is -0.473. The van der Waals surface area contributed by atoms with Crippen LogP contribution in [0.4, 0.5) is 0 Å². The number of carbonyl (C=O) groups is 1.